The van der Waals surface area contributed by atoms with Gasteiger partial charge in [0.2, 0.25) is 0 Å². The van der Waals surface area contributed by atoms with Gasteiger partial charge in [0.15, 0.2) is 0 Å². The molecule has 0 aliphatic rings. The fourth-order valence-corrected chi connectivity index (χ4v) is 4.89. The summed E-state index contributed by atoms with van der Waals surface area (Å²) in [5.41, 5.74) is 1.37. The lowest BCUT2D eigenvalue weighted by molar-refractivity contribution is 1.56. The van der Waals surface area contributed by atoms with Crippen molar-refractivity contribution in [3.05, 3.63) is 72.3 Å². The van der Waals surface area contributed by atoms with E-state index >= 15 is 0 Å². The fraction of sp³-hybridized carbons (Fsp3) is 0.0476. The first kappa shape index (κ1) is 12.2. The van der Waals surface area contributed by atoms with Gasteiger partial charge in [-0.2, -0.15) is 0 Å². The number of aryl methyl sites for hydroxylation is 1. The molecule has 0 N–H and O–H groups in total. The summed E-state index contributed by atoms with van der Waals surface area (Å²) in [4.78, 5) is 0. The zero-order valence-electron chi connectivity index (χ0n) is 12.3. The van der Waals surface area contributed by atoms with Crippen LogP contribution in [0.3, 0.4) is 0 Å². The van der Waals surface area contributed by atoms with Crippen LogP contribution in [0.5, 0.6) is 0 Å². The Labute approximate surface area is 132 Å². The minimum absolute atomic E-state index is 1.35. The van der Waals surface area contributed by atoms with Crippen LogP contribution >= 0.6 is 11.3 Å². The largest absolute Gasteiger partial charge is 0.134 e. The van der Waals surface area contributed by atoms with Crippen molar-refractivity contribution in [1.29, 1.82) is 0 Å². The molecule has 22 heavy (non-hydrogen) atoms. The first-order chi connectivity index (χ1) is 10.8. The second-order valence-electron chi connectivity index (χ2n) is 5.85. The lowest BCUT2D eigenvalue weighted by Crippen LogP contribution is -1.79. The molecule has 0 saturated carbocycles. The third-order valence-electron chi connectivity index (χ3n) is 4.57. The van der Waals surface area contributed by atoms with Gasteiger partial charge in [0.1, 0.15) is 0 Å². The molecule has 0 amide bonds. The second kappa shape index (κ2) is 4.31. The zero-order chi connectivity index (χ0) is 14.7. The maximum absolute atomic E-state index is 2.27. The number of fused-ring (bicyclic) bond motifs is 8. The van der Waals surface area contributed by atoms with E-state index in [4.69, 9.17) is 0 Å². The third kappa shape index (κ3) is 1.47. The molecule has 0 spiro atoms. The van der Waals surface area contributed by atoms with Gasteiger partial charge < -0.3 is 0 Å². The zero-order valence-corrected chi connectivity index (χ0v) is 13.1. The van der Waals surface area contributed by atoms with E-state index in [-0.39, 0.29) is 0 Å². The van der Waals surface area contributed by atoms with Gasteiger partial charge >= 0.3 is 0 Å². The molecular weight excluding hydrogens is 284 g/mol. The summed E-state index contributed by atoms with van der Waals surface area (Å²) in [5.74, 6) is 0. The van der Waals surface area contributed by atoms with Crippen LogP contribution in [0, 0.1) is 6.92 Å². The number of benzene rings is 4. The standard InChI is InChI=1S/C21H14S/c1-13-7-6-12-18-19-16-10-4-2-8-14(16)15-9-3-5-11-17(15)21(19)22-20(13)18/h2-12H,1H3. The first-order valence-electron chi connectivity index (χ1n) is 7.56. The van der Waals surface area contributed by atoms with E-state index in [1.165, 1.54) is 47.3 Å². The molecule has 0 aliphatic carbocycles. The molecular formula is C21H14S. The summed E-state index contributed by atoms with van der Waals surface area (Å²) in [5, 5.41) is 8.26. The molecule has 0 fully saturated rings. The molecule has 1 aromatic heterocycles. The molecule has 4 aromatic carbocycles. The van der Waals surface area contributed by atoms with Crippen LogP contribution in [-0.4, -0.2) is 0 Å². The van der Waals surface area contributed by atoms with Crippen LogP contribution in [0.25, 0.3) is 41.7 Å². The summed E-state index contributed by atoms with van der Waals surface area (Å²) in [6.07, 6.45) is 0. The molecule has 1 heteroatoms. The van der Waals surface area contributed by atoms with Crippen LogP contribution in [0.2, 0.25) is 0 Å². The van der Waals surface area contributed by atoms with Gasteiger partial charge in [0, 0.05) is 25.6 Å². The monoisotopic (exact) mass is 298 g/mol. The van der Waals surface area contributed by atoms with Crippen molar-refractivity contribution in [3.8, 4) is 0 Å². The highest BCUT2D eigenvalue weighted by molar-refractivity contribution is 7.27. The Morgan fingerprint density at radius 2 is 1.14 bits per heavy atom. The average Bonchev–Trinajstić information content (AvgIpc) is 2.97. The maximum Gasteiger partial charge on any atom is 0.0440 e. The smallest absolute Gasteiger partial charge is 0.0440 e. The Balaban J connectivity index is 2.24. The lowest BCUT2D eigenvalue weighted by Gasteiger charge is -2.06. The second-order valence-corrected chi connectivity index (χ2v) is 6.87. The molecule has 0 bridgehead atoms. The molecule has 104 valence electrons. The third-order valence-corrected chi connectivity index (χ3v) is 5.94. The van der Waals surface area contributed by atoms with Gasteiger partial charge in [-0.05, 0) is 28.6 Å². The average molecular weight is 298 g/mol. The van der Waals surface area contributed by atoms with E-state index in [0.717, 1.165) is 0 Å². The van der Waals surface area contributed by atoms with Gasteiger partial charge in [0.25, 0.3) is 0 Å². The topological polar surface area (TPSA) is 0 Å². The van der Waals surface area contributed by atoms with Gasteiger partial charge in [-0.25, -0.2) is 0 Å². The lowest BCUT2D eigenvalue weighted by atomic mass is 9.97. The Morgan fingerprint density at radius 1 is 0.545 bits per heavy atom. The summed E-state index contributed by atoms with van der Waals surface area (Å²) in [6, 6.07) is 24.2. The fourth-order valence-electron chi connectivity index (χ4n) is 3.57. The van der Waals surface area contributed by atoms with E-state index < -0.39 is 0 Å². The van der Waals surface area contributed by atoms with Crippen LogP contribution < -0.4 is 0 Å². The van der Waals surface area contributed by atoms with E-state index in [1.54, 1.807) is 0 Å². The quantitative estimate of drug-likeness (QED) is 0.280. The summed E-state index contributed by atoms with van der Waals surface area (Å²) in [7, 11) is 0. The van der Waals surface area contributed by atoms with Crippen LogP contribution in [0.4, 0.5) is 0 Å². The maximum atomic E-state index is 2.27. The van der Waals surface area contributed by atoms with Gasteiger partial charge in [-0.15, -0.1) is 11.3 Å². The Kier molecular flexibility index (Phi) is 2.39. The van der Waals surface area contributed by atoms with Crippen molar-refractivity contribution in [2.45, 2.75) is 6.92 Å². The molecule has 5 rings (SSSR count). The van der Waals surface area contributed by atoms with E-state index in [2.05, 4.69) is 73.7 Å². The van der Waals surface area contributed by atoms with Crippen molar-refractivity contribution in [3.63, 3.8) is 0 Å². The summed E-state index contributed by atoms with van der Waals surface area (Å²) < 4.78 is 2.83. The van der Waals surface area contributed by atoms with Crippen molar-refractivity contribution in [2.24, 2.45) is 0 Å². The van der Waals surface area contributed by atoms with Crippen LogP contribution in [-0.2, 0) is 0 Å². The number of hydrogen-bond acceptors (Lipinski definition) is 1. The van der Waals surface area contributed by atoms with E-state index in [0.29, 0.717) is 0 Å². The summed E-state index contributed by atoms with van der Waals surface area (Å²) in [6.45, 7) is 2.21. The molecule has 0 aliphatic heterocycles. The summed E-state index contributed by atoms with van der Waals surface area (Å²) >= 11 is 1.93. The number of rotatable bonds is 0. The van der Waals surface area contributed by atoms with Crippen LogP contribution in [0.1, 0.15) is 5.56 Å². The minimum atomic E-state index is 1.35. The normalized spacial score (nSPS) is 11.9. The van der Waals surface area contributed by atoms with E-state index in [1.807, 2.05) is 11.3 Å². The minimum Gasteiger partial charge on any atom is -0.134 e. The van der Waals surface area contributed by atoms with Crippen LogP contribution in [0.15, 0.2) is 66.7 Å². The molecule has 0 atom stereocenters. The highest BCUT2D eigenvalue weighted by Gasteiger charge is 2.14. The van der Waals surface area contributed by atoms with Crippen molar-refractivity contribution < 1.29 is 0 Å². The molecule has 1 heterocycles. The van der Waals surface area contributed by atoms with Crippen molar-refractivity contribution in [2.75, 3.05) is 0 Å². The Morgan fingerprint density at radius 3 is 1.91 bits per heavy atom. The highest BCUT2D eigenvalue weighted by atomic mass is 32.1. The predicted octanol–water partition coefficient (Wildman–Crippen LogP) is 6.67. The number of hydrogen-bond donors (Lipinski definition) is 0. The van der Waals surface area contributed by atoms with Gasteiger partial charge in [0.05, 0.1) is 0 Å². The molecule has 0 saturated heterocycles. The Bertz CT molecular complexity index is 1180. The molecule has 0 unspecified atom stereocenters. The van der Waals surface area contributed by atoms with Crippen molar-refractivity contribution in [1.82, 2.24) is 0 Å². The first-order valence-corrected chi connectivity index (χ1v) is 8.37. The Hall–Kier alpha value is -2.38. The predicted molar refractivity (Wildman–Crippen MR) is 99.1 cm³/mol. The SMILES string of the molecule is Cc1cccc2c1sc1c3ccccc3c3ccccc3c21. The van der Waals surface area contributed by atoms with Gasteiger partial charge in [-0.3, -0.25) is 0 Å². The molecule has 0 radical (unpaired) electrons. The van der Waals surface area contributed by atoms with Gasteiger partial charge in [-0.1, -0.05) is 66.7 Å². The molecule has 0 nitrogen and oxygen atoms in total. The van der Waals surface area contributed by atoms with Crippen molar-refractivity contribution >= 4 is 53.1 Å². The highest BCUT2D eigenvalue weighted by Crippen LogP contribution is 2.44. The van der Waals surface area contributed by atoms with E-state index in [9.17, 15) is 0 Å². The number of thiophene rings is 1. The molecule has 5 aromatic rings.